The van der Waals surface area contributed by atoms with Crippen LogP contribution in [0.3, 0.4) is 0 Å². The van der Waals surface area contributed by atoms with Gasteiger partial charge < -0.3 is 0 Å². The van der Waals surface area contributed by atoms with Crippen LogP contribution in [0.4, 0.5) is 0 Å². The molecular formula is C10H9N5. The summed E-state index contributed by atoms with van der Waals surface area (Å²) in [6, 6.07) is 7.66. The van der Waals surface area contributed by atoms with Gasteiger partial charge in [-0.25, -0.2) is 0 Å². The Morgan fingerprint density at radius 1 is 1.33 bits per heavy atom. The molecule has 3 heterocycles. The average Bonchev–Trinajstić information content (AvgIpc) is 2.77. The highest BCUT2D eigenvalue weighted by Crippen LogP contribution is 2.15. The Morgan fingerprint density at radius 2 is 2.27 bits per heavy atom. The van der Waals surface area contributed by atoms with Crippen molar-refractivity contribution >= 4 is 5.65 Å². The van der Waals surface area contributed by atoms with Crippen LogP contribution in [0, 0.1) is 6.92 Å². The van der Waals surface area contributed by atoms with Crippen molar-refractivity contribution in [3.05, 3.63) is 36.2 Å². The number of aromatic amines is 1. The molecule has 0 bridgehead atoms. The first-order valence-electron chi connectivity index (χ1n) is 4.67. The molecule has 5 heteroatoms. The van der Waals surface area contributed by atoms with Gasteiger partial charge in [-0.05, 0) is 19.1 Å². The molecule has 74 valence electrons. The maximum Gasteiger partial charge on any atom is 0.201 e. The topological polar surface area (TPSA) is 58.9 Å². The molecule has 5 nitrogen and oxygen atoms in total. The lowest BCUT2D eigenvalue weighted by Gasteiger charge is -1.94. The standard InChI is InChI=1S/C10H9N5/c1-7-6-9-12-13-10(15(9)14-7)8-4-2-3-5-11-8/h2-6,12H,1H3. The summed E-state index contributed by atoms with van der Waals surface area (Å²) in [6.45, 7) is 1.95. The molecule has 0 spiro atoms. The molecule has 0 unspecified atom stereocenters. The lowest BCUT2D eigenvalue weighted by molar-refractivity contribution is 0.931. The molecule has 0 radical (unpaired) electrons. The van der Waals surface area contributed by atoms with E-state index >= 15 is 0 Å². The smallest absolute Gasteiger partial charge is 0.201 e. The van der Waals surface area contributed by atoms with E-state index in [1.807, 2.05) is 31.2 Å². The molecule has 0 saturated heterocycles. The molecular weight excluding hydrogens is 190 g/mol. The van der Waals surface area contributed by atoms with E-state index in [2.05, 4.69) is 20.3 Å². The Bertz CT molecular complexity index is 593. The minimum absolute atomic E-state index is 0.735. The van der Waals surface area contributed by atoms with Gasteiger partial charge in [-0.2, -0.15) is 14.7 Å². The average molecular weight is 199 g/mol. The monoisotopic (exact) mass is 199 g/mol. The highest BCUT2D eigenvalue weighted by molar-refractivity contribution is 5.54. The van der Waals surface area contributed by atoms with E-state index in [0.717, 1.165) is 22.9 Å². The van der Waals surface area contributed by atoms with Crippen LogP contribution in [0.1, 0.15) is 5.69 Å². The lowest BCUT2D eigenvalue weighted by Crippen LogP contribution is -1.92. The van der Waals surface area contributed by atoms with E-state index < -0.39 is 0 Å². The van der Waals surface area contributed by atoms with Crippen molar-refractivity contribution in [1.29, 1.82) is 0 Å². The predicted molar refractivity (Wildman–Crippen MR) is 55.3 cm³/mol. The Morgan fingerprint density at radius 3 is 3.07 bits per heavy atom. The molecule has 0 aliphatic rings. The van der Waals surface area contributed by atoms with Crippen LogP contribution < -0.4 is 0 Å². The first kappa shape index (κ1) is 8.16. The number of nitrogens with one attached hydrogen (secondary N) is 1. The molecule has 0 saturated carbocycles. The molecule has 3 rings (SSSR count). The maximum absolute atomic E-state index is 4.33. The normalized spacial score (nSPS) is 11.0. The first-order valence-corrected chi connectivity index (χ1v) is 4.67. The fourth-order valence-electron chi connectivity index (χ4n) is 1.56. The van der Waals surface area contributed by atoms with E-state index in [4.69, 9.17) is 0 Å². The molecule has 3 aromatic rings. The van der Waals surface area contributed by atoms with E-state index in [9.17, 15) is 0 Å². The highest BCUT2D eigenvalue weighted by Gasteiger charge is 2.09. The van der Waals surface area contributed by atoms with E-state index in [1.165, 1.54) is 0 Å². The summed E-state index contributed by atoms with van der Waals surface area (Å²) in [5.41, 5.74) is 2.65. The van der Waals surface area contributed by atoms with Gasteiger partial charge >= 0.3 is 0 Å². The first-order chi connectivity index (χ1) is 7.34. The van der Waals surface area contributed by atoms with Crippen LogP contribution in [0.15, 0.2) is 30.5 Å². The SMILES string of the molecule is Cc1cc2[nH]nc(-c3ccccn3)n2n1. The third-order valence-corrected chi connectivity index (χ3v) is 2.20. The lowest BCUT2D eigenvalue weighted by atomic mass is 10.3. The van der Waals surface area contributed by atoms with Crippen molar-refractivity contribution in [3.8, 4) is 11.5 Å². The van der Waals surface area contributed by atoms with Crippen LogP contribution in [-0.2, 0) is 0 Å². The van der Waals surface area contributed by atoms with Crippen molar-refractivity contribution in [2.24, 2.45) is 0 Å². The Kier molecular flexibility index (Phi) is 1.58. The molecule has 0 atom stereocenters. The summed E-state index contributed by atoms with van der Waals surface area (Å²) in [5, 5.41) is 11.4. The predicted octanol–water partition coefficient (Wildman–Crippen LogP) is 1.43. The third-order valence-electron chi connectivity index (χ3n) is 2.20. The van der Waals surface area contributed by atoms with Gasteiger partial charge in [0.2, 0.25) is 5.82 Å². The van der Waals surface area contributed by atoms with E-state index in [-0.39, 0.29) is 0 Å². The summed E-state index contributed by atoms with van der Waals surface area (Å²) in [4.78, 5) is 4.24. The van der Waals surface area contributed by atoms with Gasteiger partial charge in [-0.3, -0.25) is 10.1 Å². The van der Waals surface area contributed by atoms with E-state index in [0.29, 0.717) is 0 Å². The molecule has 0 fully saturated rings. The summed E-state index contributed by atoms with van der Waals surface area (Å²) in [7, 11) is 0. The second-order valence-electron chi connectivity index (χ2n) is 3.34. The van der Waals surface area contributed by atoms with Crippen LogP contribution in [0.25, 0.3) is 17.2 Å². The summed E-state index contributed by atoms with van der Waals surface area (Å²) >= 11 is 0. The van der Waals surface area contributed by atoms with Gasteiger partial charge in [0.1, 0.15) is 5.69 Å². The Labute approximate surface area is 85.8 Å². The molecule has 1 N–H and O–H groups in total. The number of H-pyrrole nitrogens is 1. The third kappa shape index (κ3) is 1.20. The van der Waals surface area contributed by atoms with Crippen LogP contribution in [-0.4, -0.2) is 24.8 Å². The van der Waals surface area contributed by atoms with E-state index in [1.54, 1.807) is 10.7 Å². The molecule has 0 aromatic carbocycles. The van der Waals surface area contributed by atoms with Crippen LogP contribution in [0.2, 0.25) is 0 Å². The van der Waals surface area contributed by atoms with Gasteiger partial charge in [-0.1, -0.05) is 6.07 Å². The molecule has 3 aromatic heterocycles. The zero-order valence-corrected chi connectivity index (χ0v) is 8.18. The van der Waals surface area contributed by atoms with Gasteiger partial charge in [0.25, 0.3) is 0 Å². The number of nitrogens with zero attached hydrogens (tertiary/aromatic N) is 4. The Hall–Kier alpha value is -2.17. The largest absolute Gasteiger partial charge is 0.259 e. The fourth-order valence-corrected chi connectivity index (χ4v) is 1.56. The number of aromatic nitrogens is 5. The Balaban J connectivity index is 2.27. The van der Waals surface area contributed by atoms with Crippen molar-refractivity contribution < 1.29 is 0 Å². The van der Waals surface area contributed by atoms with Crippen LogP contribution in [0.5, 0.6) is 0 Å². The van der Waals surface area contributed by atoms with Crippen molar-refractivity contribution in [2.45, 2.75) is 6.92 Å². The number of rotatable bonds is 1. The number of hydrogen-bond acceptors (Lipinski definition) is 3. The fraction of sp³-hybridized carbons (Fsp3) is 0.100. The van der Waals surface area contributed by atoms with Gasteiger partial charge in [-0.15, -0.1) is 0 Å². The zero-order chi connectivity index (χ0) is 10.3. The highest BCUT2D eigenvalue weighted by atomic mass is 15.4. The number of fused-ring (bicyclic) bond motifs is 1. The molecule has 0 aliphatic heterocycles. The quantitative estimate of drug-likeness (QED) is 0.645. The number of aryl methyl sites for hydroxylation is 1. The zero-order valence-electron chi connectivity index (χ0n) is 8.18. The van der Waals surface area contributed by atoms with Crippen molar-refractivity contribution in [2.75, 3.05) is 0 Å². The summed E-state index contributed by atoms with van der Waals surface area (Å²) in [5.74, 6) is 0.735. The summed E-state index contributed by atoms with van der Waals surface area (Å²) in [6.07, 6.45) is 1.74. The van der Waals surface area contributed by atoms with Gasteiger partial charge in [0, 0.05) is 12.3 Å². The maximum atomic E-state index is 4.33. The van der Waals surface area contributed by atoms with Gasteiger partial charge in [0.05, 0.1) is 5.69 Å². The number of pyridine rings is 1. The second-order valence-corrected chi connectivity index (χ2v) is 3.34. The minimum atomic E-state index is 0.735. The molecule has 0 aliphatic carbocycles. The molecule has 0 amide bonds. The van der Waals surface area contributed by atoms with Gasteiger partial charge in [0.15, 0.2) is 5.65 Å². The van der Waals surface area contributed by atoms with Crippen LogP contribution >= 0.6 is 0 Å². The summed E-state index contributed by atoms with van der Waals surface area (Å²) < 4.78 is 1.76. The second kappa shape index (κ2) is 2.91. The van der Waals surface area contributed by atoms with Crippen molar-refractivity contribution in [3.63, 3.8) is 0 Å². The molecule has 15 heavy (non-hydrogen) atoms. The minimum Gasteiger partial charge on any atom is -0.259 e. The number of hydrogen-bond donors (Lipinski definition) is 1. The van der Waals surface area contributed by atoms with Crippen molar-refractivity contribution in [1.82, 2.24) is 24.8 Å².